The number of anilines is 1. The van der Waals surface area contributed by atoms with Gasteiger partial charge in [-0.05, 0) is 43.7 Å². The number of benzene rings is 1. The zero-order chi connectivity index (χ0) is 17.5. The minimum absolute atomic E-state index is 0.133. The quantitative estimate of drug-likeness (QED) is 0.823. The molecule has 24 heavy (non-hydrogen) atoms. The molecule has 0 aliphatic rings. The Labute approximate surface area is 138 Å². The minimum Gasteiger partial charge on any atom is -0.477 e. The highest BCUT2D eigenvalue weighted by atomic mass is 19.1. The second-order valence-corrected chi connectivity index (χ2v) is 4.88. The van der Waals surface area contributed by atoms with Gasteiger partial charge >= 0.3 is 5.97 Å². The molecule has 2 aromatic rings. The van der Waals surface area contributed by atoms with Crippen molar-refractivity contribution in [3.05, 3.63) is 53.5 Å². The van der Waals surface area contributed by atoms with Gasteiger partial charge in [-0.2, -0.15) is 0 Å². The van der Waals surface area contributed by atoms with Crippen LogP contribution in [0.15, 0.2) is 36.5 Å². The number of carbonyl (C=O) groups is 2. The number of amides is 1. The van der Waals surface area contributed by atoms with E-state index in [-0.39, 0.29) is 17.1 Å². The molecule has 7 heteroatoms. The van der Waals surface area contributed by atoms with Crippen molar-refractivity contribution in [1.29, 1.82) is 0 Å². The lowest BCUT2D eigenvalue weighted by molar-refractivity contribution is -0.119. The summed E-state index contributed by atoms with van der Waals surface area (Å²) >= 11 is 0. The number of carbonyl (C=O) groups excluding carboxylic acids is 2. The lowest BCUT2D eigenvalue weighted by atomic mass is 10.2. The largest absolute Gasteiger partial charge is 0.477 e. The number of halogens is 1. The van der Waals surface area contributed by atoms with E-state index in [1.807, 2.05) is 0 Å². The standard InChI is InChI=1S/C17H17FN2O4/c1-3-23-16-13(5-4-8-19-16)17(22)24-10-15(21)20-12-7-6-11(2)14(18)9-12/h4-9H,3,10H2,1-2H3,(H,20,21). The number of pyridine rings is 1. The molecule has 1 aromatic heterocycles. The van der Waals surface area contributed by atoms with Crippen LogP contribution in [0.5, 0.6) is 5.88 Å². The monoisotopic (exact) mass is 332 g/mol. The smallest absolute Gasteiger partial charge is 0.344 e. The maximum atomic E-state index is 13.4. The van der Waals surface area contributed by atoms with E-state index in [9.17, 15) is 14.0 Å². The third-order valence-corrected chi connectivity index (χ3v) is 3.06. The summed E-state index contributed by atoms with van der Waals surface area (Å²) in [5.41, 5.74) is 0.892. The van der Waals surface area contributed by atoms with Gasteiger partial charge in [-0.15, -0.1) is 0 Å². The predicted molar refractivity (Wildman–Crippen MR) is 85.5 cm³/mol. The van der Waals surface area contributed by atoms with Crippen LogP contribution >= 0.6 is 0 Å². The number of nitrogens with one attached hydrogen (secondary N) is 1. The molecule has 6 nitrogen and oxygen atoms in total. The Hall–Kier alpha value is -2.96. The first kappa shape index (κ1) is 17.4. The predicted octanol–water partition coefficient (Wildman–Crippen LogP) is 2.72. The number of rotatable bonds is 6. The summed E-state index contributed by atoms with van der Waals surface area (Å²) in [6.07, 6.45) is 1.49. The van der Waals surface area contributed by atoms with Gasteiger partial charge in [-0.3, -0.25) is 4.79 Å². The number of hydrogen-bond acceptors (Lipinski definition) is 5. The lowest BCUT2D eigenvalue weighted by Crippen LogP contribution is -2.21. The van der Waals surface area contributed by atoms with Gasteiger partial charge in [0.15, 0.2) is 6.61 Å². The average molecular weight is 332 g/mol. The first-order valence-electron chi connectivity index (χ1n) is 7.32. The second kappa shape index (κ2) is 8.05. The average Bonchev–Trinajstić information content (AvgIpc) is 2.57. The summed E-state index contributed by atoms with van der Waals surface area (Å²) in [7, 11) is 0. The summed E-state index contributed by atoms with van der Waals surface area (Å²) in [6, 6.07) is 7.36. The van der Waals surface area contributed by atoms with Crippen molar-refractivity contribution >= 4 is 17.6 Å². The van der Waals surface area contributed by atoms with Gasteiger partial charge in [0.05, 0.1) is 6.61 Å². The Morgan fingerprint density at radius 2 is 2.08 bits per heavy atom. The van der Waals surface area contributed by atoms with Crippen LogP contribution in [0.3, 0.4) is 0 Å². The van der Waals surface area contributed by atoms with E-state index in [1.165, 1.54) is 18.3 Å². The molecule has 0 atom stereocenters. The van der Waals surface area contributed by atoms with E-state index in [0.717, 1.165) is 0 Å². The molecule has 0 bridgehead atoms. The molecule has 0 spiro atoms. The molecule has 0 radical (unpaired) electrons. The van der Waals surface area contributed by atoms with Gasteiger partial charge < -0.3 is 14.8 Å². The highest BCUT2D eigenvalue weighted by Gasteiger charge is 2.16. The van der Waals surface area contributed by atoms with Crippen LogP contribution in [-0.4, -0.2) is 30.1 Å². The van der Waals surface area contributed by atoms with Gasteiger partial charge in [0.2, 0.25) is 5.88 Å². The first-order valence-corrected chi connectivity index (χ1v) is 7.32. The Morgan fingerprint density at radius 3 is 2.79 bits per heavy atom. The van der Waals surface area contributed by atoms with Crippen molar-refractivity contribution in [2.45, 2.75) is 13.8 Å². The SMILES string of the molecule is CCOc1ncccc1C(=O)OCC(=O)Nc1ccc(C)c(F)c1. The van der Waals surface area contributed by atoms with Crippen LogP contribution in [0, 0.1) is 12.7 Å². The number of aromatic nitrogens is 1. The summed E-state index contributed by atoms with van der Waals surface area (Å²) in [4.78, 5) is 27.7. The van der Waals surface area contributed by atoms with Crippen molar-refractivity contribution in [3.63, 3.8) is 0 Å². The first-order chi connectivity index (χ1) is 11.5. The van der Waals surface area contributed by atoms with Gasteiger partial charge in [0.25, 0.3) is 5.91 Å². The number of ether oxygens (including phenoxy) is 2. The summed E-state index contributed by atoms with van der Waals surface area (Å²) in [5.74, 6) is -1.59. The van der Waals surface area contributed by atoms with Crippen LogP contribution < -0.4 is 10.1 Å². The fraction of sp³-hybridized carbons (Fsp3) is 0.235. The molecular weight excluding hydrogens is 315 g/mol. The van der Waals surface area contributed by atoms with E-state index in [2.05, 4.69) is 10.3 Å². The maximum absolute atomic E-state index is 13.4. The Kier molecular flexibility index (Phi) is 5.83. The number of hydrogen-bond donors (Lipinski definition) is 1. The number of esters is 1. The second-order valence-electron chi connectivity index (χ2n) is 4.88. The third kappa shape index (κ3) is 4.52. The van der Waals surface area contributed by atoms with Crippen LogP contribution in [-0.2, 0) is 9.53 Å². The molecule has 1 heterocycles. The Bertz CT molecular complexity index is 749. The van der Waals surface area contributed by atoms with E-state index in [4.69, 9.17) is 9.47 Å². The molecule has 0 fully saturated rings. The highest BCUT2D eigenvalue weighted by Crippen LogP contribution is 2.16. The van der Waals surface area contributed by atoms with Gasteiger partial charge in [0.1, 0.15) is 11.4 Å². The molecule has 0 aliphatic carbocycles. The van der Waals surface area contributed by atoms with E-state index >= 15 is 0 Å². The maximum Gasteiger partial charge on any atom is 0.344 e. The van der Waals surface area contributed by atoms with Crippen LogP contribution in [0.1, 0.15) is 22.8 Å². The minimum atomic E-state index is -0.725. The molecule has 0 aliphatic heterocycles. The van der Waals surface area contributed by atoms with Crippen molar-refractivity contribution in [2.24, 2.45) is 0 Å². The van der Waals surface area contributed by atoms with Crippen LogP contribution in [0.2, 0.25) is 0 Å². The molecule has 1 amide bonds. The molecule has 0 saturated heterocycles. The lowest BCUT2D eigenvalue weighted by Gasteiger charge is -2.09. The zero-order valence-corrected chi connectivity index (χ0v) is 13.3. The van der Waals surface area contributed by atoms with Crippen LogP contribution in [0.25, 0.3) is 0 Å². The zero-order valence-electron chi connectivity index (χ0n) is 13.3. The van der Waals surface area contributed by atoms with Gasteiger partial charge in [-0.25, -0.2) is 14.2 Å². The summed E-state index contributed by atoms with van der Waals surface area (Å²) < 4.78 is 23.6. The number of aryl methyl sites for hydroxylation is 1. The van der Waals surface area contributed by atoms with Crippen molar-refractivity contribution in [2.75, 3.05) is 18.5 Å². The Morgan fingerprint density at radius 1 is 1.29 bits per heavy atom. The van der Waals surface area contributed by atoms with E-state index in [0.29, 0.717) is 12.2 Å². The topological polar surface area (TPSA) is 77.5 Å². The molecule has 2 rings (SSSR count). The van der Waals surface area contributed by atoms with Crippen molar-refractivity contribution in [1.82, 2.24) is 4.98 Å². The normalized spacial score (nSPS) is 10.1. The highest BCUT2D eigenvalue weighted by molar-refractivity contribution is 5.96. The summed E-state index contributed by atoms with van der Waals surface area (Å²) in [6.45, 7) is 3.22. The van der Waals surface area contributed by atoms with Crippen molar-refractivity contribution in [3.8, 4) is 5.88 Å². The molecule has 1 aromatic carbocycles. The van der Waals surface area contributed by atoms with Gasteiger partial charge in [-0.1, -0.05) is 6.07 Å². The fourth-order valence-corrected chi connectivity index (χ4v) is 1.87. The van der Waals surface area contributed by atoms with Crippen LogP contribution in [0.4, 0.5) is 10.1 Å². The molecule has 126 valence electrons. The Balaban J connectivity index is 1.94. The van der Waals surface area contributed by atoms with E-state index < -0.39 is 24.3 Å². The molecule has 0 saturated carbocycles. The fourth-order valence-electron chi connectivity index (χ4n) is 1.87. The van der Waals surface area contributed by atoms with E-state index in [1.54, 1.807) is 32.0 Å². The van der Waals surface area contributed by atoms with Crippen molar-refractivity contribution < 1.29 is 23.5 Å². The summed E-state index contributed by atoms with van der Waals surface area (Å²) in [5, 5.41) is 2.45. The molecular formula is C17H17FN2O4. The molecule has 0 unspecified atom stereocenters. The van der Waals surface area contributed by atoms with Gasteiger partial charge in [0, 0.05) is 11.9 Å². The number of nitrogens with zero attached hydrogens (tertiary/aromatic N) is 1. The third-order valence-electron chi connectivity index (χ3n) is 3.06. The molecule has 1 N–H and O–H groups in total.